The highest BCUT2D eigenvalue weighted by atomic mass is 32.1. The van der Waals surface area contributed by atoms with Crippen molar-refractivity contribution in [1.29, 1.82) is 0 Å². The summed E-state index contributed by atoms with van der Waals surface area (Å²) in [5.74, 6) is -0.857. The van der Waals surface area contributed by atoms with Crippen LogP contribution in [0.2, 0.25) is 0 Å². The third kappa shape index (κ3) is 3.28. The summed E-state index contributed by atoms with van der Waals surface area (Å²) in [6, 6.07) is 0. The summed E-state index contributed by atoms with van der Waals surface area (Å²) in [4.78, 5) is 18.3. The molecule has 0 bridgehead atoms. The molecule has 0 spiro atoms. The first-order chi connectivity index (χ1) is 8.70. The molecule has 1 aliphatic heterocycles. The average molecular weight is 270 g/mol. The molecule has 6 heteroatoms. The number of thiazole rings is 1. The molecule has 2 heterocycles. The molecule has 2 rings (SSSR count). The summed E-state index contributed by atoms with van der Waals surface area (Å²) in [6.07, 6.45) is 1.66. The minimum Gasteiger partial charge on any atom is -0.477 e. The predicted octanol–water partition coefficient (Wildman–Crippen LogP) is 1.63. The largest absolute Gasteiger partial charge is 0.477 e. The van der Waals surface area contributed by atoms with E-state index in [1.165, 1.54) is 11.3 Å². The molecule has 1 aromatic rings. The molecule has 1 aliphatic rings. The van der Waals surface area contributed by atoms with Crippen molar-refractivity contribution in [2.75, 3.05) is 26.3 Å². The number of carbonyl (C=O) groups is 1. The van der Waals surface area contributed by atoms with Crippen molar-refractivity contribution in [1.82, 2.24) is 9.88 Å². The van der Waals surface area contributed by atoms with E-state index < -0.39 is 5.97 Å². The zero-order chi connectivity index (χ0) is 13.0. The highest BCUT2D eigenvalue weighted by Gasteiger charge is 2.19. The van der Waals surface area contributed by atoms with E-state index in [2.05, 4.69) is 9.88 Å². The number of aryl methyl sites for hydroxylation is 1. The summed E-state index contributed by atoms with van der Waals surface area (Å²) in [5, 5.41) is 10.0. The van der Waals surface area contributed by atoms with E-state index in [1.54, 1.807) is 0 Å². The van der Waals surface area contributed by atoms with Gasteiger partial charge in [0.15, 0.2) is 0 Å². The maximum absolute atomic E-state index is 11.1. The Morgan fingerprint density at radius 1 is 1.50 bits per heavy atom. The van der Waals surface area contributed by atoms with Gasteiger partial charge in [0.05, 0.1) is 25.5 Å². The SMILES string of the molecule is CCCc1nc(CN2CCOCC2)sc1C(=O)O. The number of morpholine rings is 1. The Morgan fingerprint density at radius 2 is 2.22 bits per heavy atom. The van der Waals surface area contributed by atoms with Crippen LogP contribution in [0.4, 0.5) is 0 Å². The number of rotatable bonds is 5. The molecule has 1 saturated heterocycles. The highest BCUT2D eigenvalue weighted by Crippen LogP contribution is 2.21. The Kier molecular flexibility index (Phi) is 4.68. The zero-order valence-electron chi connectivity index (χ0n) is 10.5. The molecule has 100 valence electrons. The number of hydrogen-bond acceptors (Lipinski definition) is 5. The molecule has 1 aromatic heterocycles. The second-order valence-corrected chi connectivity index (χ2v) is 5.41. The Balaban J connectivity index is 2.07. The van der Waals surface area contributed by atoms with Crippen LogP contribution in [0.25, 0.3) is 0 Å². The summed E-state index contributed by atoms with van der Waals surface area (Å²) in [7, 11) is 0. The number of nitrogens with zero attached hydrogens (tertiary/aromatic N) is 2. The lowest BCUT2D eigenvalue weighted by molar-refractivity contribution is 0.0341. The third-order valence-corrected chi connectivity index (χ3v) is 3.96. The molecule has 0 unspecified atom stereocenters. The quantitative estimate of drug-likeness (QED) is 0.881. The Bertz CT molecular complexity index is 413. The van der Waals surface area contributed by atoms with Crippen LogP contribution in [0.5, 0.6) is 0 Å². The fourth-order valence-electron chi connectivity index (χ4n) is 1.99. The lowest BCUT2D eigenvalue weighted by atomic mass is 10.2. The zero-order valence-corrected chi connectivity index (χ0v) is 11.3. The standard InChI is InChI=1S/C12H18N2O3S/c1-2-3-9-11(12(15)16)18-10(13-9)8-14-4-6-17-7-5-14/h2-8H2,1H3,(H,15,16). The molecule has 0 aromatic carbocycles. The Morgan fingerprint density at radius 3 is 2.83 bits per heavy atom. The number of carboxylic acid groups (broad SMARTS) is 1. The van der Waals surface area contributed by atoms with Crippen LogP contribution in [-0.2, 0) is 17.7 Å². The van der Waals surface area contributed by atoms with E-state index in [-0.39, 0.29) is 0 Å². The van der Waals surface area contributed by atoms with Crippen molar-refractivity contribution >= 4 is 17.3 Å². The molecule has 5 nitrogen and oxygen atoms in total. The molecule has 1 N–H and O–H groups in total. The smallest absolute Gasteiger partial charge is 0.347 e. The van der Waals surface area contributed by atoms with Crippen LogP contribution in [0.3, 0.4) is 0 Å². The van der Waals surface area contributed by atoms with Crippen LogP contribution >= 0.6 is 11.3 Å². The molecular weight excluding hydrogens is 252 g/mol. The summed E-state index contributed by atoms with van der Waals surface area (Å²) in [5.41, 5.74) is 0.734. The van der Waals surface area contributed by atoms with Gasteiger partial charge in [0.25, 0.3) is 0 Å². The van der Waals surface area contributed by atoms with Crippen LogP contribution in [0.15, 0.2) is 0 Å². The molecule has 0 saturated carbocycles. The fraction of sp³-hybridized carbons (Fsp3) is 0.667. The molecule has 1 fully saturated rings. The number of carboxylic acids is 1. The molecule has 0 amide bonds. The topological polar surface area (TPSA) is 62.7 Å². The highest BCUT2D eigenvalue weighted by molar-refractivity contribution is 7.13. The number of aromatic carboxylic acids is 1. The van der Waals surface area contributed by atoms with Gasteiger partial charge in [0.1, 0.15) is 9.88 Å². The van der Waals surface area contributed by atoms with Gasteiger partial charge < -0.3 is 9.84 Å². The lowest BCUT2D eigenvalue weighted by Gasteiger charge is -2.25. The van der Waals surface area contributed by atoms with Crippen LogP contribution < -0.4 is 0 Å². The summed E-state index contributed by atoms with van der Waals surface area (Å²) < 4.78 is 5.29. The van der Waals surface area contributed by atoms with Crippen LogP contribution in [0.1, 0.15) is 33.7 Å². The minimum atomic E-state index is -0.857. The monoisotopic (exact) mass is 270 g/mol. The van der Waals surface area contributed by atoms with E-state index in [9.17, 15) is 4.79 Å². The number of aromatic nitrogens is 1. The second-order valence-electron chi connectivity index (χ2n) is 4.33. The van der Waals surface area contributed by atoms with Gasteiger partial charge in [0.2, 0.25) is 0 Å². The predicted molar refractivity (Wildman–Crippen MR) is 69.2 cm³/mol. The first-order valence-electron chi connectivity index (χ1n) is 6.22. The maximum Gasteiger partial charge on any atom is 0.347 e. The van der Waals surface area contributed by atoms with Gasteiger partial charge >= 0.3 is 5.97 Å². The number of hydrogen-bond donors (Lipinski definition) is 1. The van der Waals surface area contributed by atoms with Gasteiger partial charge in [-0.15, -0.1) is 11.3 Å². The normalized spacial score (nSPS) is 16.9. The van der Waals surface area contributed by atoms with Crippen molar-refractivity contribution in [2.24, 2.45) is 0 Å². The molecule has 0 radical (unpaired) electrons. The van der Waals surface area contributed by atoms with Crippen molar-refractivity contribution in [3.63, 3.8) is 0 Å². The van der Waals surface area contributed by atoms with Crippen molar-refractivity contribution in [3.8, 4) is 0 Å². The van der Waals surface area contributed by atoms with E-state index >= 15 is 0 Å². The van der Waals surface area contributed by atoms with Crippen LogP contribution in [0, 0.1) is 0 Å². The van der Waals surface area contributed by atoms with E-state index in [4.69, 9.17) is 9.84 Å². The lowest BCUT2D eigenvalue weighted by Crippen LogP contribution is -2.35. The minimum absolute atomic E-state index is 0.403. The maximum atomic E-state index is 11.1. The van der Waals surface area contributed by atoms with Gasteiger partial charge in [-0.3, -0.25) is 4.90 Å². The Labute approximate surface area is 110 Å². The summed E-state index contributed by atoms with van der Waals surface area (Å²) in [6.45, 7) is 6.05. The van der Waals surface area contributed by atoms with Gasteiger partial charge in [-0.05, 0) is 6.42 Å². The van der Waals surface area contributed by atoms with Gasteiger partial charge in [-0.1, -0.05) is 13.3 Å². The molecule has 18 heavy (non-hydrogen) atoms. The van der Waals surface area contributed by atoms with E-state index in [0.29, 0.717) is 4.88 Å². The second kappa shape index (κ2) is 6.26. The van der Waals surface area contributed by atoms with Crippen molar-refractivity contribution < 1.29 is 14.6 Å². The molecular formula is C12H18N2O3S. The van der Waals surface area contributed by atoms with Crippen molar-refractivity contribution in [2.45, 2.75) is 26.3 Å². The molecule has 0 aliphatic carbocycles. The Hall–Kier alpha value is -0.980. The van der Waals surface area contributed by atoms with Gasteiger partial charge in [0, 0.05) is 13.1 Å². The van der Waals surface area contributed by atoms with Gasteiger partial charge in [-0.2, -0.15) is 0 Å². The van der Waals surface area contributed by atoms with Crippen LogP contribution in [-0.4, -0.2) is 47.3 Å². The third-order valence-electron chi connectivity index (χ3n) is 2.89. The first-order valence-corrected chi connectivity index (χ1v) is 7.04. The first kappa shape index (κ1) is 13.5. The van der Waals surface area contributed by atoms with Crippen molar-refractivity contribution in [3.05, 3.63) is 15.6 Å². The fourth-order valence-corrected chi connectivity index (χ4v) is 2.98. The van der Waals surface area contributed by atoms with E-state index in [0.717, 1.165) is 56.4 Å². The molecule has 0 atom stereocenters. The summed E-state index contributed by atoms with van der Waals surface area (Å²) >= 11 is 1.31. The average Bonchev–Trinajstić information content (AvgIpc) is 2.74. The van der Waals surface area contributed by atoms with Gasteiger partial charge in [-0.25, -0.2) is 9.78 Å². The number of ether oxygens (including phenoxy) is 1. The van der Waals surface area contributed by atoms with E-state index in [1.807, 2.05) is 6.92 Å².